The predicted molar refractivity (Wildman–Crippen MR) is 136 cm³/mol. The van der Waals surface area contributed by atoms with Crippen molar-refractivity contribution in [2.45, 2.75) is 69.1 Å². The monoisotopic (exact) mass is 508 g/mol. The van der Waals surface area contributed by atoms with Crippen molar-refractivity contribution in [1.29, 1.82) is 0 Å². The lowest BCUT2D eigenvalue weighted by Gasteiger charge is -2.50. The quantitative estimate of drug-likeness (QED) is 0.420. The van der Waals surface area contributed by atoms with E-state index >= 15 is 0 Å². The molecule has 2 aliphatic carbocycles. The summed E-state index contributed by atoms with van der Waals surface area (Å²) in [6, 6.07) is 19.0. The zero-order chi connectivity index (χ0) is 26.3. The fourth-order valence-corrected chi connectivity index (χ4v) is 6.39. The van der Waals surface area contributed by atoms with Crippen molar-refractivity contribution in [3.05, 3.63) is 94.8 Å². The number of aryl methyl sites for hydroxylation is 2. The lowest BCUT2D eigenvalue weighted by Crippen LogP contribution is -2.55. The third kappa shape index (κ3) is 4.77. The molecular formula is C30H31F3N2O2. The lowest BCUT2D eigenvalue weighted by molar-refractivity contribution is -0.279. The van der Waals surface area contributed by atoms with Gasteiger partial charge >= 0.3 is 6.18 Å². The maximum absolute atomic E-state index is 13.9. The summed E-state index contributed by atoms with van der Waals surface area (Å²) in [5.41, 5.74) is 1.74. The minimum atomic E-state index is -4.66. The summed E-state index contributed by atoms with van der Waals surface area (Å²) in [6.45, 7) is 1.82. The molecule has 2 aromatic carbocycles. The van der Waals surface area contributed by atoms with Gasteiger partial charge in [0, 0.05) is 17.2 Å². The number of rotatable bonds is 4. The van der Waals surface area contributed by atoms with Gasteiger partial charge in [-0.1, -0.05) is 36.4 Å². The first-order valence-corrected chi connectivity index (χ1v) is 12.8. The van der Waals surface area contributed by atoms with Crippen LogP contribution in [0.25, 0.3) is 0 Å². The van der Waals surface area contributed by atoms with E-state index in [2.05, 4.69) is 10.3 Å². The van der Waals surface area contributed by atoms with Crippen LogP contribution in [0, 0.1) is 12.8 Å². The van der Waals surface area contributed by atoms with Crippen molar-refractivity contribution in [3.8, 4) is 0 Å². The summed E-state index contributed by atoms with van der Waals surface area (Å²) in [5.74, 6) is -0.570. The van der Waals surface area contributed by atoms with Crippen molar-refractivity contribution >= 4 is 11.6 Å². The van der Waals surface area contributed by atoms with E-state index in [4.69, 9.17) is 0 Å². The van der Waals surface area contributed by atoms with Gasteiger partial charge in [0.1, 0.15) is 0 Å². The van der Waals surface area contributed by atoms with E-state index in [1.807, 2.05) is 49.4 Å². The normalized spacial score (nSPS) is 25.5. The third-order valence-corrected chi connectivity index (χ3v) is 8.40. The van der Waals surface area contributed by atoms with Crippen LogP contribution in [0.5, 0.6) is 0 Å². The zero-order valence-electron chi connectivity index (χ0n) is 20.8. The fourth-order valence-electron chi connectivity index (χ4n) is 6.39. The standard InChI is InChI=1S/C30H31F3N2O2/c1-20-26(11-6-16-34-20)35-27(36)23-12-13-25-22(17-23)9-5-10-24-19-29(37,30(31,32)33)15-14-28(24,25)18-21-7-3-2-4-8-21/h2-4,6-8,11-13,16-17,24,37H,5,9-10,14-15,18-19H2,1H3,(H,35,36)/t24-,28+,29-/m0/s1. The van der Waals surface area contributed by atoms with E-state index in [1.54, 1.807) is 24.4 Å². The summed E-state index contributed by atoms with van der Waals surface area (Å²) in [6.07, 6.45) is -0.818. The van der Waals surface area contributed by atoms with E-state index in [1.165, 1.54) is 0 Å². The van der Waals surface area contributed by atoms with Crippen LogP contribution in [0.3, 0.4) is 0 Å². The first-order valence-electron chi connectivity index (χ1n) is 12.8. The predicted octanol–water partition coefficient (Wildman–Crippen LogP) is 6.55. The van der Waals surface area contributed by atoms with E-state index in [0.717, 1.165) is 22.4 Å². The summed E-state index contributed by atoms with van der Waals surface area (Å²) < 4.78 is 41.7. The number of nitrogens with zero attached hydrogens (tertiary/aromatic N) is 1. The molecule has 1 amide bonds. The maximum Gasteiger partial charge on any atom is 0.417 e. The van der Waals surface area contributed by atoms with Crippen LogP contribution in [-0.2, 0) is 18.3 Å². The molecule has 5 rings (SSSR count). The molecule has 7 heteroatoms. The molecule has 1 heterocycles. The molecule has 0 unspecified atom stereocenters. The number of nitrogens with one attached hydrogen (secondary N) is 1. The fraction of sp³-hybridized carbons (Fsp3) is 0.400. The van der Waals surface area contributed by atoms with Gasteiger partial charge in [-0.15, -0.1) is 0 Å². The van der Waals surface area contributed by atoms with Crippen molar-refractivity contribution in [3.63, 3.8) is 0 Å². The van der Waals surface area contributed by atoms with Crippen molar-refractivity contribution in [2.24, 2.45) is 5.92 Å². The molecule has 194 valence electrons. The van der Waals surface area contributed by atoms with Crippen LogP contribution in [0.4, 0.5) is 18.9 Å². The lowest BCUT2D eigenvalue weighted by atomic mass is 9.56. The summed E-state index contributed by atoms with van der Waals surface area (Å²) >= 11 is 0. The van der Waals surface area contributed by atoms with Crippen LogP contribution in [0.2, 0.25) is 0 Å². The Morgan fingerprint density at radius 1 is 1.11 bits per heavy atom. The molecule has 3 aromatic rings. The number of hydrogen-bond donors (Lipinski definition) is 2. The smallest absolute Gasteiger partial charge is 0.380 e. The molecule has 1 saturated carbocycles. The molecule has 0 saturated heterocycles. The Kier molecular flexibility index (Phi) is 6.61. The Morgan fingerprint density at radius 2 is 1.89 bits per heavy atom. The molecule has 0 radical (unpaired) electrons. The molecular weight excluding hydrogens is 477 g/mol. The molecule has 37 heavy (non-hydrogen) atoms. The summed E-state index contributed by atoms with van der Waals surface area (Å²) in [5, 5.41) is 13.6. The number of fused-ring (bicyclic) bond motifs is 3. The average Bonchev–Trinajstić information content (AvgIpc) is 3.01. The number of aliphatic hydroxyl groups is 1. The van der Waals surface area contributed by atoms with Crippen LogP contribution >= 0.6 is 0 Å². The summed E-state index contributed by atoms with van der Waals surface area (Å²) in [4.78, 5) is 17.3. The van der Waals surface area contributed by atoms with Gasteiger partial charge in [0.05, 0.1) is 11.4 Å². The van der Waals surface area contributed by atoms with Crippen LogP contribution < -0.4 is 5.32 Å². The number of carbonyl (C=O) groups excluding carboxylic acids is 1. The Balaban J connectivity index is 1.54. The highest BCUT2D eigenvalue weighted by Crippen LogP contribution is 2.56. The number of aromatic nitrogens is 1. The largest absolute Gasteiger partial charge is 0.417 e. The highest BCUT2D eigenvalue weighted by atomic mass is 19.4. The number of pyridine rings is 1. The van der Waals surface area contributed by atoms with Gasteiger partial charge in [-0.25, -0.2) is 0 Å². The minimum Gasteiger partial charge on any atom is -0.380 e. The number of amides is 1. The Morgan fingerprint density at radius 3 is 2.62 bits per heavy atom. The zero-order valence-corrected chi connectivity index (χ0v) is 20.8. The van der Waals surface area contributed by atoms with E-state index in [9.17, 15) is 23.1 Å². The molecule has 4 nitrogen and oxygen atoms in total. The second-order valence-electron chi connectivity index (χ2n) is 10.6. The Hall–Kier alpha value is -3.19. The minimum absolute atomic E-state index is 0.232. The first kappa shape index (κ1) is 25.5. The van der Waals surface area contributed by atoms with Crippen molar-refractivity contribution in [2.75, 3.05) is 5.32 Å². The van der Waals surface area contributed by atoms with Gasteiger partial charge in [0.25, 0.3) is 5.91 Å². The molecule has 3 atom stereocenters. The molecule has 0 bridgehead atoms. The maximum atomic E-state index is 13.9. The number of benzene rings is 2. The van der Waals surface area contributed by atoms with Gasteiger partial charge in [-0.3, -0.25) is 9.78 Å². The third-order valence-electron chi connectivity index (χ3n) is 8.40. The van der Waals surface area contributed by atoms with Crippen LogP contribution in [-0.4, -0.2) is 27.8 Å². The number of carbonyl (C=O) groups is 1. The molecule has 1 fully saturated rings. The molecule has 1 aromatic heterocycles. The molecule has 0 aliphatic heterocycles. The Labute approximate surface area is 215 Å². The molecule has 2 N–H and O–H groups in total. The number of hydrogen-bond acceptors (Lipinski definition) is 3. The van der Waals surface area contributed by atoms with E-state index < -0.39 is 17.2 Å². The number of alkyl halides is 3. The van der Waals surface area contributed by atoms with Gasteiger partial charge in [0.15, 0.2) is 5.60 Å². The van der Waals surface area contributed by atoms with Crippen molar-refractivity contribution < 1.29 is 23.1 Å². The highest BCUT2D eigenvalue weighted by molar-refractivity contribution is 6.04. The number of halogens is 3. The summed E-state index contributed by atoms with van der Waals surface area (Å²) in [7, 11) is 0. The van der Waals surface area contributed by atoms with Crippen molar-refractivity contribution in [1.82, 2.24) is 4.98 Å². The first-order chi connectivity index (χ1) is 17.6. The van der Waals surface area contributed by atoms with Crippen LogP contribution in [0.15, 0.2) is 66.9 Å². The number of anilines is 1. The average molecular weight is 509 g/mol. The molecule has 2 aliphatic rings. The van der Waals surface area contributed by atoms with Gasteiger partial charge < -0.3 is 10.4 Å². The van der Waals surface area contributed by atoms with Crippen LogP contribution in [0.1, 0.15) is 64.8 Å². The highest BCUT2D eigenvalue weighted by Gasteiger charge is 2.60. The second kappa shape index (κ2) is 9.60. The molecule has 0 spiro atoms. The topological polar surface area (TPSA) is 62.2 Å². The van der Waals surface area contributed by atoms with Gasteiger partial charge in [-0.05, 0) is 98.7 Å². The second-order valence-corrected chi connectivity index (χ2v) is 10.6. The van der Waals surface area contributed by atoms with E-state index in [0.29, 0.717) is 36.9 Å². The SMILES string of the molecule is Cc1ncccc1NC(=O)c1ccc2c(c1)CCC[C@H]1C[C@](O)(C(F)(F)F)CC[C@]21Cc1ccccc1. The van der Waals surface area contributed by atoms with E-state index in [-0.39, 0.29) is 31.1 Å². The van der Waals surface area contributed by atoms with Gasteiger partial charge in [-0.2, -0.15) is 13.2 Å². The Bertz CT molecular complexity index is 1290. The van der Waals surface area contributed by atoms with Gasteiger partial charge in [0.2, 0.25) is 0 Å².